The smallest absolute Gasteiger partial charge is 2.00 e. The zero-order chi connectivity index (χ0) is 0. The van der Waals surface area contributed by atoms with E-state index in [1.807, 2.05) is 0 Å². The van der Waals surface area contributed by atoms with Crippen molar-refractivity contribution in [3.05, 3.63) is 0 Å². The van der Waals surface area contributed by atoms with Crippen LogP contribution in [0, 0.1) is 0 Å². The van der Waals surface area contributed by atoms with Crippen LogP contribution in [0.5, 0.6) is 0 Å². The van der Waals surface area contributed by atoms with Crippen molar-refractivity contribution in [3.63, 3.8) is 0 Å². The minimum atomic E-state index is 0. The van der Waals surface area contributed by atoms with Gasteiger partial charge in [-0.15, -0.1) is 0 Å². The van der Waals surface area contributed by atoms with Crippen LogP contribution in [0.4, 0.5) is 0 Å². The second kappa shape index (κ2) is 169. The molecular formula is O5Pd2V2. The summed E-state index contributed by atoms with van der Waals surface area (Å²) in [7, 11) is 0. The second-order valence-electron chi connectivity index (χ2n) is 0. The summed E-state index contributed by atoms with van der Waals surface area (Å²) in [5, 5.41) is 0. The summed E-state index contributed by atoms with van der Waals surface area (Å²) in [6.45, 7) is 0. The molecule has 60 valence electrons. The summed E-state index contributed by atoms with van der Waals surface area (Å²) in [5.41, 5.74) is 0. The fraction of sp³-hybridized carbons (Fsp3) is 0. The molecule has 0 saturated heterocycles. The maximum Gasteiger partial charge on any atom is 5.00 e. The number of hydrogen-bond acceptors (Lipinski definition) is 0. The molecule has 0 N–H and O–H groups in total. The molecule has 0 unspecified atom stereocenters. The molecule has 0 amide bonds. The third-order valence-electron chi connectivity index (χ3n) is 0. The van der Waals surface area contributed by atoms with Gasteiger partial charge in [-0.05, 0) is 0 Å². The largest absolute Gasteiger partial charge is 5.00 e. The molecule has 0 bridgehead atoms. The Hall–Kier alpha value is 2.29. The molecular weight excluding hydrogens is 395 g/mol. The number of rotatable bonds is 0. The SMILES string of the molecule is [O-2].[O-2].[O-2].[O-2].[O-2].[Pd].[Pd].[V+5].[V+5]. The van der Waals surface area contributed by atoms with Crippen molar-refractivity contribution >= 4 is 0 Å². The molecule has 0 aliphatic rings. The first kappa shape index (κ1) is 227. The van der Waals surface area contributed by atoms with Gasteiger partial charge >= 0.3 is 37.1 Å². The standard InChI is InChI=1S/5O.2Pd.2V/q5*-2;;;2*+5. The Morgan fingerprint density at radius 3 is 0.333 bits per heavy atom. The van der Waals surface area contributed by atoms with Gasteiger partial charge in [-0.3, -0.25) is 0 Å². The van der Waals surface area contributed by atoms with Gasteiger partial charge in [-0.25, -0.2) is 0 Å². The number of hydrogen-bond donors (Lipinski definition) is 0. The molecule has 0 radical (unpaired) electrons. The molecule has 0 atom stereocenters. The van der Waals surface area contributed by atoms with Crippen LogP contribution in [0.25, 0.3) is 0 Å². The van der Waals surface area contributed by atoms with Crippen molar-refractivity contribution in [2.24, 2.45) is 0 Å². The zero-order valence-electron chi connectivity index (χ0n) is 3.57. The maximum absolute atomic E-state index is 0. The Labute approximate surface area is 104 Å². The molecule has 0 aliphatic carbocycles. The molecule has 0 rings (SSSR count). The first-order valence-electron chi connectivity index (χ1n) is 0. The molecule has 9 heavy (non-hydrogen) atoms. The van der Waals surface area contributed by atoms with Gasteiger partial charge in [0.05, 0.1) is 0 Å². The van der Waals surface area contributed by atoms with Crippen molar-refractivity contribution in [1.29, 1.82) is 0 Å². The van der Waals surface area contributed by atoms with E-state index in [1.165, 1.54) is 0 Å². The molecule has 9 heteroatoms. The Kier molecular flexibility index (Phi) is 4270. The van der Waals surface area contributed by atoms with Crippen LogP contribution in [-0.4, -0.2) is 0 Å². The van der Waals surface area contributed by atoms with Crippen molar-refractivity contribution in [3.8, 4) is 0 Å². The molecule has 0 heterocycles. The van der Waals surface area contributed by atoms with E-state index in [0.29, 0.717) is 0 Å². The van der Waals surface area contributed by atoms with Crippen molar-refractivity contribution < 1.29 is 105 Å². The third-order valence-corrected chi connectivity index (χ3v) is 0. The van der Waals surface area contributed by atoms with Crippen LogP contribution >= 0.6 is 0 Å². The summed E-state index contributed by atoms with van der Waals surface area (Å²) in [5.74, 6) is 0. The van der Waals surface area contributed by atoms with E-state index in [-0.39, 0.29) is 105 Å². The molecule has 5 nitrogen and oxygen atoms in total. The van der Waals surface area contributed by atoms with Crippen LogP contribution in [0.2, 0.25) is 0 Å². The molecule has 0 aliphatic heterocycles. The monoisotopic (exact) mass is 394 g/mol. The fourth-order valence-electron chi connectivity index (χ4n) is 0. The van der Waals surface area contributed by atoms with E-state index in [0.717, 1.165) is 0 Å². The molecule has 0 aromatic heterocycles. The van der Waals surface area contributed by atoms with Gasteiger partial charge in [-0.2, -0.15) is 0 Å². The first-order valence-corrected chi connectivity index (χ1v) is 0. The molecule has 0 fully saturated rings. The normalized spacial score (nSPS) is 0. The third kappa shape index (κ3) is 135. The summed E-state index contributed by atoms with van der Waals surface area (Å²) in [6.07, 6.45) is 0. The van der Waals surface area contributed by atoms with Crippen molar-refractivity contribution in [1.82, 2.24) is 0 Å². The topological polar surface area (TPSA) is 142 Å². The van der Waals surface area contributed by atoms with Gasteiger partial charge in [0, 0.05) is 40.8 Å². The van der Waals surface area contributed by atoms with Crippen LogP contribution in [0.1, 0.15) is 0 Å². The van der Waals surface area contributed by atoms with E-state index in [4.69, 9.17) is 0 Å². The molecule has 0 saturated carbocycles. The minimum absolute atomic E-state index is 0. The quantitative estimate of drug-likeness (QED) is 0.483. The molecule has 0 spiro atoms. The second-order valence-corrected chi connectivity index (χ2v) is 0. The Morgan fingerprint density at radius 1 is 0.333 bits per heavy atom. The van der Waals surface area contributed by atoms with Gasteiger partial charge in [0.1, 0.15) is 0 Å². The van der Waals surface area contributed by atoms with Gasteiger partial charge in [0.15, 0.2) is 0 Å². The Bertz CT molecular complexity index is 12.9. The van der Waals surface area contributed by atoms with Crippen LogP contribution < -0.4 is 0 Å². The minimum Gasteiger partial charge on any atom is -2.00 e. The fourth-order valence-corrected chi connectivity index (χ4v) is 0. The van der Waals surface area contributed by atoms with E-state index in [9.17, 15) is 0 Å². The van der Waals surface area contributed by atoms with Gasteiger partial charge < -0.3 is 27.4 Å². The van der Waals surface area contributed by atoms with Gasteiger partial charge in [0.25, 0.3) is 0 Å². The average molecular weight is 395 g/mol. The van der Waals surface area contributed by atoms with Crippen molar-refractivity contribution in [2.75, 3.05) is 0 Å². The molecule has 0 aromatic carbocycles. The Balaban J connectivity index is 0. The van der Waals surface area contributed by atoms with Crippen LogP contribution in [-0.2, 0) is 105 Å². The summed E-state index contributed by atoms with van der Waals surface area (Å²) < 4.78 is 0. The van der Waals surface area contributed by atoms with E-state index in [1.54, 1.807) is 0 Å². The van der Waals surface area contributed by atoms with E-state index < -0.39 is 0 Å². The predicted octanol–water partition coefficient (Wildman–Crippen LogP) is -0.604. The first-order chi connectivity index (χ1) is 0. The zero-order valence-corrected chi connectivity index (χ0v) is 9.47. The average Bonchev–Trinajstić information content (AvgIpc) is 0. The summed E-state index contributed by atoms with van der Waals surface area (Å²) in [6, 6.07) is 0. The van der Waals surface area contributed by atoms with Gasteiger partial charge in [0.2, 0.25) is 0 Å². The van der Waals surface area contributed by atoms with Crippen molar-refractivity contribution in [2.45, 2.75) is 0 Å². The summed E-state index contributed by atoms with van der Waals surface area (Å²) in [4.78, 5) is 0. The predicted molar refractivity (Wildman–Crippen MR) is 3.43 cm³/mol. The maximum atomic E-state index is 0. The van der Waals surface area contributed by atoms with Crippen LogP contribution in [0.3, 0.4) is 0 Å². The van der Waals surface area contributed by atoms with Gasteiger partial charge in [-0.1, -0.05) is 0 Å². The summed E-state index contributed by atoms with van der Waals surface area (Å²) >= 11 is 0. The Morgan fingerprint density at radius 2 is 0.333 bits per heavy atom. The van der Waals surface area contributed by atoms with E-state index in [2.05, 4.69) is 0 Å². The van der Waals surface area contributed by atoms with Crippen LogP contribution in [0.15, 0.2) is 0 Å². The van der Waals surface area contributed by atoms with E-state index >= 15 is 0 Å². The molecule has 0 aromatic rings.